The summed E-state index contributed by atoms with van der Waals surface area (Å²) in [5.41, 5.74) is 11.9. The molecule has 15 heteroatoms. The van der Waals surface area contributed by atoms with E-state index in [1.165, 1.54) is 16.7 Å². The first-order chi connectivity index (χ1) is 57.5. The van der Waals surface area contributed by atoms with Crippen molar-refractivity contribution in [3.05, 3.63) is 374 Å². The molecule has 2 aliphatic rings. The predicted molar refractivity (Wildman–Crippen MR) is 490 cm³/mol. The third-order valence-electron chi connectivity index (χ3n) is 25.6. The van der Waals surface area contributed by atoms with Crippen molar-refractivity contribution in [2.75, 3.05) is 0 Å². The number of para-hydroxylation sites is 2. The van der Waals surface area contributed by atoms with Crippen LogP contribution in [0.25, 0.3) is 0 Å². The third kappa shape index (κ3) is 18.7. The first-order valence-corrected chi connectivity index (χ1v) is 41.4. The van der Waals surface area contributed by atoms with Crippen LogP contribution in [0, 0.1) is 0 Å². The van der Waals surface area contributed by atoms with Crippen LogP contribution in [0.5, 0.6) is 86.2 Å². The number of hydrogen-bond donors (Lipinski definition) is 14. The standard InChI is InChI=1S/C27H30O4.C24H26O4.C24H26O3.C18H20O2.C15H16O2/c1-25(2)16-27(5,18-8-12-20(29)13-9-18)23-22(31-25)15-14-21(24(23)30)26(3,4)17-6-10-19(28)11-7-17;1-23(2,15-5-9-17(25)10-6-15)19-13-14-20(27)21(22(19)28)24(3,4)16-7-11-18(26)12-8-16;1-23(2,16-8-12-18(25)13-9-16)20-6-5-7-21(22(20)27)24(3,4)17-10-14-19(26)15-11-17;1-17(2)11-18(3,12-4-6-13(19)7-5-12)16-10-14(20)8-9-15(16)17;1-15(2,11-7-9-12(16)10-8-11)13-5-3-4-6-14(13)17/h6-15,28-30H,16H2,1-5H3;5-14,25-28H,1-4H3;5-15,25-27H,1-4H3;4-10,19-20H,11H2,1-3H3;3-10,16-17H,1-2H3. The number of benzene rings is 13. The molecule has 14 N–H and O–H groups in total. The van der Waals surface area contributed by atoms with Crippen LogP contribution in [-0.4, -0.2) is 77.1 Å². The smallest absolute Gasteiger partial charge is 0.127 e. The van der Waals surface area contributed by atoms with Crippen LogP contribution in [-0.2, 0) is 48.7 Å². The molecule has 13 aromatic carbocycles. The van der Waals surface area contributed by atoms with Gasteiger partial charge in [0, 0.05) is 88.7 Å². The Morgan fingerprint density at radius 3 is 0.919 bits per heavy atom. The van der Waals surface area contributed by atoms with Gasteiger partial charge in [-0.3, -0.25) is 0 Å². The Morgan fingerprint density at radius 2 is 0.545 bits per heavy atom. The van der Waals surface area contributed by atoms with Gasteiger partial charge >= 0.3 is 0 Å². The largest absolute Gasteiger partial charge is 0.508 e. The number of aromatic hydroxyl groups is 14. The summed E-state index contributed by atoms with van der Waals surface area (Å²) in [6.45, 7) is 37.2. The van der Waals surface area contributed by atoms with E-state index < -0.39 is 38.1 Å². The van der Waals surface area contributed by atoms with E-state index in [9.17, 15) is 71.5 Å². The Balaban J connectivity index is 0.000000152. The lowest BCUT2D eigenvalue weighted by Crippen LogP contribution is -2.43. The van der Waals surface area contributed by atoms with Gasteiger partial charge in [-0.25, -0.2) is 0 Å². The van der Waals surface area contributed by atoms with E-state index >= 15 is 0 Å². The molecule has 0 bridgehead atoms. The van der Waals surface area contributed by atoms with Crippen LogP contribution in [0.3, 0.4) is 0 Å². The Bertz CT molecular complexity index is 5790. The van der Waals surface area contributed by atoms with Gasteiger partial charge in [-0.05, 0) is 209 Å². The molecule has 1 aliphatic carbocycles. The number of fused-ring (bicyclic) bond motifs is 2. The highest BCUT2D eigenvalue weighted by Gasteiger charge is 2.48. The Hall–Kier alpha value is -13.1. The zero-order chi connectivity index (χ0) is 90.1. The molecule has 0 radical (unpaired) electrons. The molecule has 15 rings (SSSR count). The summed E-state index contributed by atoms with van der Waals surface area (Å²) in [6, 6.07) is 82.7. The molecule has 123 heavy (non-hydrogen) atoms. The van der Waals surface area contributed by atoms with E-state index in [2.05, 4.69) is 96.9 Å². The molecular weight excluding hydrogens is 1540 g/mol. The minimum Gasteiger partial charge on any atom is -0.508 e. The van der Waals surface area contributed by atoms with Crippen molar-refractivity contribution in [3.63, 3.8) is 0 Å². The fraction of sp³-hybridized carbons (Fsp3) is 0.278. The average molecular weight is 1660 g/mol. The van der Waals surface area contributed by atoms with Crippen molar-refractivity contribution in [1.29, 1.82) is 0 Å². The summed E-state index contributed by atoms with van der Waals surface area (Å²) < 4.78 is 6.29. The number of phenols is 14. The molecule has 0 aromatic heterocycles. The van der Waals surface area contributed by atoms with Gasteiger partial charge in [0.05, 0.1) is 0 Å². The van der Waals surface area contributed by atoms with Gasteiger partial charge in [0.25, 0.3) is 0 Å². The lowest BCUT2D eigenvalue weighted by Gasteiger charge is -2.45. The molecule has 0 spiro atoms. The average Bonchev–Trinajstić information content (AvgIpc) is 1.60. The van der Waals surface area contributed by atoms with E-state index in [4.69, 9.17) is 4.74 Å². The van der Waals surface area contributed by atoms with Crippen LogP contribution < -0.4 is 4.74 Å². The van der Waals surface area contributed by atoms with Crippen LogP contribution in [0.4, 0.5) is 0 Å². The molecule has 2 unspecified atom stereocenters. The lowest BCUT2D eigenvalue weighted by atomic mass is 9.66. The zero-order valence-corrected chi connectivity index (χ0v) is 73.6. The fourth-order valence-electron chi connectivity index (χ4n) is 18.2. The second-order valence-electron chi connectivity index (χ2n) is 37.5. The van der Waals surface area contributed by atoms with Gasteiger partial charge in [0.15, 0.2) is 0 Å². The Labute approximate surface area is 723 Å². The van der Waals surface area contributed by atoms with Crippen molar-refractivity contribution in [3.8, 4) is 86.2 Å². The maximum Gasteiger partial charge on any atom is 0.127 e. The highest BCUT2D eigenvalue weighted by Crippen LogP contribution is 2.58. The normalized spacial score (nSPS) is 15.9. The molecule has 0 saturated heterocycles. The van der Waals surface area contributed by atoms with Gasteiger partial charge in [0.1, 0.15) is 91.8 Å². The van der Waals surface area contributed by atoms with Gasteiger partial charge in [-0.1, -0.05) is 262 Å². The quantitative estimate of drug-likeness (QED) is 0.0482. The van der Waals surface area contributed by atoms with Gasteiger partial charge in [-0.2, -0.15) is 0 Å². The maximum atomic E-state index is 11.6. The maximum absolute atomic E-state index is 11.6. The fourth-order valence-corrected chi connectivity index (χ4v) is 18.2. The van der Waals surface area contributed by atoms with Gasteiger partial charge < -0.3 is 76.2 Å². The van der Waals surface area contributed by atoms with Gasteiger partial charge in [-0.15, -0.1) is 0 Å². The molecule has 0 fully saturated rings. The summed E-state index contributed by atoms with van der Waals surface area (Å²) in [5, 5.41) is 141. The molecule has 0 amide bonds. The van der Waals surface area contributed by atoms with E-state index in [0.29, 0.717) is 34.8 Å². The number of phenolic OH excluding ortho intramolecular Hbond substituents is 14. The van der Waals surface area contributed by atoms with Crippen LogP contribution in [0.15, 0.2) is 279 Å². The van der Waals surface area contributed by atoms with Crippen molar-refractivity contribution in [1.82, 2.24) is 0 Å². The second kappa shape index (κ2) is 34.4. The monoisotopic (exact) mass is 1650 g/mol. The van der Waals surface area contributed by atoms with E-state index in [-0.39, 0.29) is 85.2 Å². The van der Waals surface area contributed by atoms with Crippen molar-refractivity contribution in [2.24, 2.45) is 0 Å². The second-order valence-corrected chi connectivity index (χ2v) is 37.5. The molecular formula is C108H118O15. The van der Waals surface area contributed by atoms with Crippen LogP contribution >= 0.6 is 0 Å². The molecule has 13 aromatic rings. The third-order valence-corrected chi connectivity index (χ3v) is 25.6. The first kappa shape index (κ1) is 90.6. The summed E-state index contributed by atoms with van der Waals surface area (Å²) in [6.07, 6.45) is 1.66. The SMILES string of the molecule is CC(C)(c1ccc(O)cc1)c1ccc(O)c(C(C)(C)c2ccc(O)cc2)c1O.CC(C)(c1ccc(O)cc1)c1cccc(C(C)(C)c2ccc(O)cc2)c1O.CC(C)(c1ccc(O)cc1)c1ccccc1O.CC1(C)CC(C)(c2ccc(O)cc2)c2c(ccc(C(C)(C)c3ccc(O)cc3)c2O)O1.CC1(C)CC(C)(c2ccc(O)cc2)c2cc(O)ccc21. The molecule has 0 saturated carbocycles. The minimum absolute atomic E-state index is 0.0147. The molecule has 15 nitrogen and oxygen atoms in total. The molecule has 1 heterocycles. The van der Waals surface area contributed by atoms with Gasteiger partial charge in [0.2, 0.25) is 0 Å². The number of ether oxygens (including phenoxy) is 1. The predicted octanol–water partition coefficient (Wildman–Crippen LogP) is 24.1. The van der Waals surface area contributed by atoms with Crippen LogP contribution in [0.1, 0.15) is 232 Å². The van der Waals surface area contributed by atoms with Crippen molar-refractivity contribution >= 4 is 0 Å². The number of rotatable bonds is 14. The summed E-state index contributed by atoms with van der Waals surface area (Å²) >= 11 is 0. The summed E-state index contributed by atoms with van der Waals surface area (Å²) in [4.78, 5) is 0. The summed E-state index contributed by atoms with van der Waals surface area (Å²) in [7, 11) is 0. The highest BCUT2D eigenvalue weighted by molar-refractivity contribution is 5.64. The van der Waals surface area contributed by atoms with E-state index in [1.807, 2.05) is 173 Å². The Kier molecular flexibility index (Phi) is 25.3. The Morgan fingerprint density at radius 1 is 0.244 bits per heavy atom. The van der Waals surface area contributed by atoms with Crippen LogP contribution in [0.2, 0.25) is 0 Å². The van der Waals surface area contributed by atoms with E-state index in [0.717, 1.165) is 73.2 Å². The van der Waals surface area contributed by atoms with Crippen molar-refractivity contribution < 1.29 is 76.2 Å². The topological polar surface area (TPSA) is 292 Å². The highest BCUT2D eigenvalue weighted by atomic mass is 16.5. The summed E-state index contributed by atoms with van der Waals surface area (Å²) in [5.74, 6) is 3.59. The zero-order valence-electron chi connectivity index (χ0n) is 73.6. The first-order valence-electron chi connectivity index (χ1n) is 41.4. The number of hydrogen-bond acceptors (Lipinski definition) is 15. The van der Waals surface area contributed by atoms with E-state index in [1.54, 1.807) is 133 Å². The lowest BCUT2D eigenvalue weighted by molar-refractivity contribution is 0.0568. The molecule has 1 aliphatic heterocycles. The molecule has 640 valence electrons. The molecule has 2 atom stereocenters. The minimum atomic E-state index is -0.692. The van der Waals surface area contributed by atoms with Crippen molar-refractivity contribution in [2.45, 2.75) is 192 Å².